The van der Waals surface area contributed by atoms with Crippen LogP contribution in [0.1, 0.15) is 251 Å². The first-order valence-corrected chi connectivity index (χ1v) is 47.9. The third-order valence-corrected chi connectivity index (χ3v) is 20.0. The first kappa shape index (κ1) is 111. The highest BCUT2D eigenvalue weighted by Gasteiger charge is 2.23. The maximum atomic E-state index is 11.3. The van der Waals surface area contributed by atoms with Gasteiger partial charge in [-0.1, -0.05) is 258 Å². The van der Waals surface area contributed by atoms with Crippen molar-refractivity contribution in [2.24, 2.45) is 37.5 Å². The van der Waals surface area contributed by atoms with Gasteiger partial charge in [0.15, 0.2) is 12.2 Å². The van der Waals surface area contributed by atoms with Crippen molar-refractivity contribution in [1.82, 2.24) is 75.8 Å². The molecule has 14 N–H and O–H groups in total. The van der Waals surface area contributed by atoms with Gasteiger partial charge in [0.2, 0.25) is 35.6 Å². The minimum atomic E-state index is -0.544. The molecule has 1 fully saturated rings. The van der Waals surface area contributed by atoms with Crippen molar-refractivity contribution in [3.63, 3.8) is 0 Å². The summed E-state index contributed by atoms with van der Waals surface area (Å²) in [6.45, 7) is 38.0. The molecular formula is C102H146N28O8. The molecule has 13 rings (SSSR count). The van der Waals surface area contributed by atoms with E-state index in [1.807, 2.05) is 195 Å². The standard InChI is InChI=1S/C20H28N6O3.C20H23N5.C18H37N5.C18H17N3O2.C14H15N5O.C8H15N3O2.C4H11N/c1-4-17(28)29-9-5-8-21-19-24-18(12(2)3)25-20(26-19)22-14-7-6-13-10-16(27)23-15(13)11-14;1-15(2)18-23-19(21-13-16-9-5-3-6-10-16)25-20(24-18)22-14-17-11-7-4-8-12-17;1-4-5-6-10-13-20-17(19)23-18(21-14-15(2)3)22-16-11-8-7-9-12-16;1-13(2)16-19-17(22-14-9-5-3-6-10-14)21-18(20-16)23-15-11-7-4-8-12-15;1-8(2)13-15-7-16-14(19-13)17-10-4-3-9-5-12(20)18-11(9)6-10;1-6(2)5-10-8(13-4)11-7(9)12-3;1-3-5-4-2/h6-7,11-12,16,23,27H,4-5,8-10H2,1-3H3,(H2,21,22,24,25,26);3-12,15H,13-14H2,1-2H3,(H2,21,22,23,24,25);14-16,18,22H,4-13H2,1-3H3,(H3,19,20,23);3-13H,1-2H3;3-4,6-8H,5H2,1-2H3,(H,18,20)(H,15,16,17,19);5-6,9H,1-4H3;5H,3-4H2,1-2H3. The summed E-state index contributed by atoms with van der Waals surface area (Å²) in [4.78, 5) is 91.6. The summed E-state index contributed by atoms with van der Waals surface area (Å²) in [6.07, 6.45) is 17.8. The number of rotatable bonds is 37. The molecule has 0 spiro atoms. The number of amides is 1. The summed E-state index contributed by atoms with van der Waals surface area (Å²) in [5.74, 6) is 8.60. The van der Waals surface area contributed by atoms with Crippen LogP contribution in [0, 0.1) is 17.2 Å². The molecule has 0 radical (unpaired) electrons. The molecular weight excluding hydrogens is 1750 g/mol. The predicted octanol–water partition coefficient (Wildman–Crippen LogP) is 19.1. The second-order valence-electron chi connectivity index (χ2n) is 34.2. The van der Waals surface area contributed by atoms with E-state index in [4.69, 9.17) is 30.1 Å². The van der Waals surface area contributed by atoms with Crippen molar-refractivity contribution in [3.05, 3.63) is 210 Å². The number of ether oxygens (including phenoxy) is 5. The number of methoxy groups -OCH3 is 2. The van der Waals surface area contributed by atoms with Gasteiger partial charge in [0.1, 0.15) is 47.4 Å². The number of aromatic nitrogens is 12. The van der Waals surface area contributed by atoms with E-state index in [-0.39, 0.29) is 65.9 Å². The molecule has 3 aliphatic rings. The Morgan fingerprint density at radius 1 is 0.558 bits per heavy atom. The predicted molar refractivity (Wildman–Crippen MR) is 553 cm³/mol. The number of fused-ring (bicyclic) bond motifs is 2. The van der Waals surface area contributed by atoms with Crippen LogP contribution in [0.15, 0.2) is 184 Å². The highest BCUT2D eigenvalue weighted by molar-refractivity contribution is 6.00. The number of benzene rings is 6. The van der Waals surface area contributed by atoms with Gasteiger partial charge in [0.05, 0.1) is 27.2 Å². The van der Waals surface area contributed by atoms with E-state index < -0.39 is 6.23 Å². The number of amidine groups is 2. The molecule has 2 unspecified atom stereocenters. The topological polar surface area (TPSA) is 475 Å². The second-order valence-corrected chi connectivity index (χ2v) is 34.2. The van der Waals surface area contributed by atoms with E-state index in [0.717, 1.165) is 71.6 Å². The van der Waals surface area contributed by atoms with Crippen LogP contribution in [-0.2, 0) is 49.7 Å². The minimum Gasteiger partial charge on any atom is -0.467 e. The molecule has 138 heavy (non-hydrogen) atoms. The largest absolute Gasteiger partial charge is 0.467 e. The van der Waals surface area contributed by atoms with Crippen molar-refractivity contribution < 1.29 is 38.4 Å². The highest BCUT2D eigenvalue weighted by Crippen LogP contribution is 2.32. The number of hydrogen-bond donors (Lipinski definition) is 13. The maximum absolute atomic E-state index is 11.3. The number of hydrogen-bond acceptors (Lipinski definition) is 31. The zero-order valence-electron chi connectivity index (χ0n) is 83.6. The Balaban J connectivity index is 0.000000226. The Labute approximate surface area is 814 Å². The normalized spacial score (nSPS) is 13.3. The number of carbonyl (C=O) groups excluding carboxylic acids is 2. The van der Waals surface area contributed by atoms with Crippen LogP contribution in [0.5, 0.6) is 23.5 Å². The summed E-state index contributed by atoms with van der Waals surface area (Å²) < 4.78 is 25.8. The number of anilines is 9. The first-order valence-electron chi connectivity index (χ1n) is 47.9. The summed E-state index contributed by atoms with van der Waals surface area (Å²) in [6, 6.07) is 51.6. The molecule has 36 heteroatoms. The van der Waals surface area contributed by atoms with E-state index in [9.17, 15) is 14.7 Å². The Morgan fingerprint density at radius 2 is 1.07 bits per heavy atom. The van der Waals surface area contributed by atoms with E-state index in [0.29, 0.717) is 129 Å². The van der Waals surface area contributed by atoms with Crippen molar-refractivity contribution in [1.29, 1.82) is 5.41 Å². The summed E-state index contributed by atoms with van der Waals surface area (Å²) in [7, 11) is 2.81. The average Bonchev–Trinajstić information content (AvgIpc) is 1.65. The Bertz CT molecular complexity index is 5200. The molecule has 1 aliphatic carbocycles. The molecule has 0 saturated heterocycles. The second kappa shape index (κ2) is 62.7. The molecule has 2 aliphatic heterocycles. The molecule has 742 valence electrons. The lowest BCUT2D eigenvalue weighted by Gasteiger charge is -2.27. The number of carbonyl (C=O) groups is 2. The van der Waals surface area contributed by atoms with E-state index in [1.54, 1.807) is 13.1 Å². The van der Waals surface area contributed by atoms with Crippen LogP contribution < -0.4 is 68.4 Å². The van der Waals surface area contributed by atoms with Crippen molar-refractivity contribution in [3.8, 4) is 23.5 Å². The lowest BCUT2D eigenvalue weighted by molar-refractivity contribution is -0.143. The molecule has 10 aromatic rings. The summed E-state index contributed by atoms with van der Waals surface area (Å²) >= 11 is 0. The fourth-order valence-electron chi connectivity index (χ4n) is 12.7. The highest BCUT2D eigenvalue weighted by atomic mass is 16.5. The van der Waals surface area contributed by atoms with Gasteiger partial charge in [-0.05, 0) is 121 Å². The van der Waals surface area contributed by atoms with Crippen LogP contribution in [-0.4, -0.2) is 173 Å². The Morgan fingerprint density at radius 3 is 1.59 bits per heavy atom. The first-order chi connectivity index (χ1) is 66.6. The number of guanidine groups is 1. The Kier molecular flexibility index (Phi) is 50.5. The monoisotopic (exact) mass is 1890 g/mol. The zero-order chi connectivity index (χ0) is 99.8. The van der Waals surface area contributed by atoms with Crippen LogP contribution in [0.2, 0.25) is 0 Å². The van der Waals surface area contributed by atoms with Crippen molar-refractivity contribution in [2.45, 2.75) is 250 Å². The van der Waals surface area contributed by atoms with Gasteiger partial charge in [-0.15, -0.1) is 9.98 Å². The van der Waals surface area contributed by atoms with Crippen LogP contribution in [0.25, 0.3) is 0 Å². The Hall–Kier alpha value is -13.9. The number of nitrogens with two attached hydrogens (primary N) is 1. The molecule has 1 saturated carbocycles. The number of aliphatic hydroxyl groups is 1. The van der Waals surface area contributed by atoms with Gasteiger partial charge in [0.25, 0.3) is 0 Å². The van der Waals surface area contributed by atoms with Crippen LogP contribution in [0.4, 0.5) is 52.5 Å². The molecule has 4 aromatic heterocycles. The fourth-order valence-corrected chi connectivity index (χ4v) is 12.7. The van der Waals surface area contributed by atoms with Gasteiger partial charge in [-0.2, -0.15) is 44.9 Å². The van der Waals surface area contributed by atoms with E-state index in [2.05, 4.69) is 210 Å². The lowest BCUT2D eigenvalue weighted by atomic mass is 9.95. The van der Waals surface area contributed by atoms with Crippen molar-refractivity contribution in [2.75, 3.05) is 84.2 Å². The lowest BCUT2D eigenvalue weighted by Crippen LogP contribution is -2.51. The molecule has 0 bridgehead atoms. The van der Waals surface area contributed by atoms with Crippen LogP contribution >= 0.6 is 0 Å². The summed E-state index contributed by atoms with van der Waals surface area (Å²) in [5, 5.41) is 48.7. The smallest absolute Gasteiger partial charge is 0.328 e. The maximum Gasteiger partial charge on any atom is 0.328 e. The summed E-state index contributed by atoms with van der Waals surface area (Å²) in [5.41, 5.74) is 13.9. The number of nitrogens with one attached hydrogen (secondary N) is 11. The average molecular weight is 1890 g/mol. The van der Waals surface area contributed by atoms with Gasteiger partial charge in [0, 0.05) is 104 Å². The molecule has 6 aromatic carbocycles. The number of nitrogens with zero attached hydrogens (tertiary/aromatic N) is 16. The third kappa shape index (κ3) is 44.3. The SMILES string of the molecule is CC(C)c1nc(NCc2ccccc2)nc(NCc2ccccc2)n1.CC(C)c1nc(Oc2ccccc2)nc(Oc2ccccc2)n1.CC(C)c1ncnc(Nc2ccc3c(c2)NC(=O)C3)n1.CCC(=O)OCCCNc1nc(Nc2ccc3c(c2)NC(O)C3)nc(C(C)C)n1.CCCCCCN=C(N)NC(N=CC(C)C)NC1CCCCC1.CCNCC.COC(=N)N=C(N=CC(C)C)OC. The zero-order valence-corrected chi connectivity index (χ0v) is 83.6. The quantitative estimate of drug-likeness (QED) is 0.00565. The molecule has 1 amide bonds. The van der Waals surface area contributed by atoms with E-state index >= 15 is 0 Å². The van der Waals surface area contributed by atoms with Gasteiger partial charge in [-0.25, -0.2) is 20.4 Å². The number of unbranched alkanes of at least 4 members (excludes halogenated alkanes) is 3. The van der Waals surface area contributed by atoms with Gasteiger partial charge in [-0.3, -0.25) is 24.9 Å². The van der Waals surface area contributed by atoms with Crippen LogP contribution in [0.3, 0.4) is 0 Å². The minimum absolute atomic E-state index is 0.0272. The van der Waals surface area contributed by atoms with E-state index in [1.165, 1.54) is 83.0 Å². The molecule has 36 nitrogen and oxygen atoms in total. The number of aliphatic hydroxyl groups excluding tert-OH is 1. The van der Waals surface area contributed by atoms with Gasteiger partial charge >= 0.3 is 30.0 Å². The van der Waals surface area contributed by atoms with Crippen molar-refractivity contribution >= 4 is 94.8 Å². The number of aliphatic imine (C=N–C) groups is 4. The third-order valence-electron chi connectivity index (χ3n) is 20.0. The number of esters is 1. The molecule has 6 heterocycles. The molecule has 2 atom stereocenters. The van der Waals surface area contributed by atoms with Gasteiger partial charge < -0.3 is 82.4 Å². The fraction of sp³-hybridized carbons (Fsp3) is 0.461. The number of para-hydroxylation sites is 2.